The van der Waals surface area contributed by atoms with E-state index in [4.69, 9.17) is 5.73 Å². The first-order valence-electron chi connectivity index (χ1n) is 7.18. The Morgan fingerprint density at radius 2 is 1.85 bits per heavy atom. The quantitative estimate of drug-likeness (QED) is 0.771. The minimum Gasteiger partial charge on any atom is -0.396 e. The molecule has 0 bridgehead atoms. The van der Waals surface area contributed by atoms with Gasteiger partial charge in [-0.05, 0) is 19.3 Å². The molecule has 0 spiro atoms. The number of anilines is 2. The van der Waals surface area contributed by atoms with Crippen molar-refractivity contribution in [3.63, 3.8) is 0 Å². The third kappa shape index (κ3) is 4.07. The predicted octanol–water partition coefficient (Wildman–Crippen LogP) is 2.48. The fraction of sp³-hybridized carbons (Fsp3) is 0.733. The van der Waals surface area contributed by atoms with Gasteiger partial charge < -0.3 is 16.2 Å². The smallest absolute Gasteiger partial charge is 0.138 e. The molecule has 1 rings (SSSR count). The van der Waals surface area contributed by atoms with E-state index in [1.54, 1.807) is 0 Å². The largest absolute Gasteiger partial charge is 0.396 e. The Hall–Kier alpha value is -1.36. The average molecular weight is 280 g/mol. The van der Waals surface area contributed by atoms with Crippen LogP contribution in [0.4, 0.5) is 11.6 Å². The van der Waals surface area contributed by atoms with Crippen LogP contribution in [0, 0.1) is 12.8 Å². The molecular weight excluding hydrogens is 252 g/mol. The minimum atomic E-state index is -0.150. The number of nitrogens with one attached hydrogen (secondary N) is 1. The number of hydrogen-bond donors (Lipinski definition) is 3. The SMILES string of the molecule is Cc1c(N)nc(C(C)(C)C)nc1NC(CCO)C(C)C. The Labute approximate surface area is 122 Å². The second-order valence-corrected chi connectivity index (χ2v) is 6.66. The summed E-state index contributed by atoms with van der Waals surface area (Å²) in [7, 11) is 0. The van der Waals surface area contributed by atoms with Crippen LogP contribution in [0.3, 0.4) is 0 Å². The van der Waals surface area contributed by atoms with Crippen molar-refractivity contribution < 1.29 is 5.11 Å². The summed E-state index contributed by atoms with van der Waals surface area (Å²) in [5.41, 5.74) is 6.72. The van der Waals surface area contributed by atoms with Crippen LogP contribution in [0.15, 0.2) is 0 Å². The van der Waals surface area contributed by atoms with E-state index < -0.39 is 0 Å². The number of nitrogens with zero attached hydrogens (tertiary/aromatic N) is 2. The van der Waals surface area contributed by atoms with Crippen LogP contribution in [-0.4, -0.2) is 27.7 Å². The van der Waals surface area contributed by atoms with Gasteiger partial charge in [-0.2, -0.15) is 0 Å². The lowest BCUT2D eigenvalue weighted by atomic mass is 9.95. The fourth-order valence-electron chi connectivity index (χ4n) is 1.90. The molecule has 1 unspecified atom stereocenters. The molecule has 5 nitrogen and oxygen atoms in total. The first kappa shape index (κ1) is 16.7. The van der Waals surface area contributed by atoms with E-state index >= 15 is 0 Å². The second-order valence-electron chi connectivity index (χ2n) is 6.66. The lowest BCUT2D eigenvalue weighted by Gasteiger charge is -2.25. The van der Waals surface area contributed by atoms with Crippen molar-refractivity contribution in [2.24, 2.45) is 5.92 Å². The molecule has 5 heteroatoms. The molecule has 0 aliphatic rings. The molecule has 0 aliphatic heterocycles. The molecule has 0 aliphatic carbocycles. The molecule has 4 N–H and O–H groups in total. The van der Waals surface area contributed by atoms with Crippen LogP contribution in [-0.2, 0) is 5.41 Å². The van der Waals surface area contributed by atoms with Gasteiger partial charge in [0.25, 0.3) is 0 Å². The highest BCUT2D eigenvalue weighted by Gasteiger charge is 2.22. The van der Waals surface area contributed by atoms with Crippen LogP contribution in [0.1, 0.15) is 52.4 Å². The van der Waals surface area contributed by atoms with E-state index in [0.717, 1.165) is 17.2 Å². The Morgan fingerprint density at radius 3 is 2.30 bits per heavy atom. The van der Waals surface area contributed by atoms with Crippen LogP contribution < -0.4 is 11.1 Å². The van der Waals surface area contributed by atoms with E-state index in [2.05, 4.69) is 49.9 Å². The van der Waals surface area contributed by atoms with E-state index in [9.17, 15) is 5.11 Å². The summed E-state index contributed by atoms with van der Waals surface area (Å²) in [6.07, 6.45) is 0.686. The first-order chi connectivity index (χ1) is 9.16. The summed E-state index contributed by atoms with van der Waals surface area (Å²) in [5, 5.41) is 12.6. The number of aliphatic hydroxyl groups is 1. The van der Waals surface area contributed by atoms with Gasteiger partial charge in [-0.3, -0.25) is 0 Å². The highest BCUT2D eigenvalue weighted by molar-refractivity contribution is 5.55. The summed E-state index contributed by atoms with van der Waals surface area (Å²) in [5.74, 6) is 2.42. The number of hydrogen-bond acceptors (Lipinski definition) is 5. The summed E-state index contributed by atoms with van der Waals surface area (Å²) < 4.78 is 0. The fourth-order valence-corrected chi connectivity index (χ4v) is 1.90. The molecule has 0 aromatic carbocycles. The molecule has 0 radical (unpaired) electrons. The zero-order chi connectivity index (χ0) is 15.5. The maximum Gasteiger partial charge on any atom is 0.138 e. The Bertz CT molecular complexity index is 452. The lowest BCUT2D eigenvalue weighted by molar-refractivity contribution is 0.267. The van der Waals surface area contributed by atoms with Crippen LogP contribution in [0.2, 0.25) is 0 Å². The topological polar surface area (TPSA) is 84.1 Å². The van der Waals surface area contributed by atoms with E-state index in [0.29, 0.717) is 18.2 Å². The predicted molar refractivity (Wildman–Crippen MR) is 83.8 cm³/mol. The van der Waals surface area contributed by atoms with Crippen molar-refractivity contribution in [2.45, 2.75) is 59.4 Å². The number of rotatable bonds is 5. The van der Waals surface area contributed by atoms with Gasteiger partial charge in [0.15, 0.2) is 0 Å². The van der Waals surface area contributed by atoms with E-state index in [1.165, 1.54) is 0 Å². The first-order valence-corrected chi connectivity index (χ1v) is 7.18. The van der Waals surface area contributed by atoms with Crippen LogP contribution >= 0.6 is 0 Å². The zero-order valence-corrected chi connectivity index (χ0v) is 13.5. The maximum atomic E-state index is 9.17. The van der Waals surface area contributed by atoms with Crippen LogP contribution in [0.5, 0.6) is 0 Å². The Morgan fingerprint density at radius 1 is 1.25 bits per heavy atom. The van der Waals surface area contributed by atoms with Crippen molar-refractivity contribution in [3.8, 4) is 0 Å². The zero-order valence-electron chi connectivity index (χ0n) is 13.5. The summed E-state index contributed by atoms with van der Waals surface area (Å²) in [4.78, 5) is 9.01. The molecule has 1 atom stereocenters. The molecule has 1 aromatic heterocycles. The molecule has 0 saturated carbocycles. The normalized spacial score (nSPS) is 13.6. The van der Waals surface area contributed by atoms with Crippen molar-refractivity contribution in [3.05, 3.63) is 11.4 Å². The van der Waals surface area contributed by atoms with E-state index in [-0.39, 0.29) is 18.1 Å². The van der Waals surface area contributed by atoms with Gasteiger partial charge in [0.1, 0.15) is 17.5 Å². The van der Waals surface area contributed by atoms with Gasteiger partial charge in [0.2, 0.25) is 0 Å². The molecule has 0 saturated heterocycles. The summed E-state index contributed by atoms with van der Waals surface area (Å²) in [6, 6.07) is 0.167. The third-order valence-corrected chi connectivity index (χ3v) is 3.42. The second kappa shape index (κ2) is 6.39. The molecule has 1 aromatic rings. The van der Waals surface area contributed by atoms with Crippen LogP contribution in [0.25, 0.3) is 0 Å². The van der Waals surface area contributed by atoms with Crippen molar-refractivity contribution >= 4 is 11.6 Å². The number of aromatic nitrogens is 2. The van der Waals surface area contributed by atoms with Gasteiger partial charge in [-0.15, -0.1) is 0 Å². The molecule has 114 valence electrons. The molecular formula is C15H28N4O. The van der Waals surface area contributed by atoms with Gasteiger partial charge >= 0.3 is 0 Å². The maximum absolute atomic E-state index is 9.17. The Balaban J connectivity index is 3.13. The van der Waals surface area contributed by atoms with Crippen molar-refractivity contribution in [1.29, 1.82) is 0 Å². The monoisotopic (exact) mass is 280 g/mol. The van der Waals surface area contributed by atoms with Gasteiger partial charge in [-0.25, -0.2) is 9.97 Å². The highest BCUT2D eigenvalue weighted by Crippen LogP contribution is 2.26. The van der Waals surface area contributed by atoms with Gasteiger partial charge in [0.05, 0.1) is 0 Å². The lowest BCUT2D eigenvalue weighted by Crippen LogP contribution is -2.29. The van der Waals surface area contributed by atoms with Crippen molar-refractivity contribution in [2.75, 3.05) is 17.7 Å². The standard InChI is InChI=1S/C15H28N4O/c1-9(2)11(7-8-20)17-13-10(3)12(16)18-14(19-13)15(4,5)6/h9,11,20H,7-8H2,1-6H3,(H3,16,17,18,19). The third-order valence-electron chi connectivity index (χ3n) is 3.42. The number of aliphatic hydroxyl groups excluding tert-OH is 1. The highest BCUT2D eigenvalue weighted by atomic mass is 16.3. The molecule has 1 heterocycles. The molecule has 0 fully saturated rings. The number of nitrogen functional groups attached to an aromatic ring is 1. The average Bonchev–Trinajstić information content (AvgIpc) is 2.32. The van der Waals surface area contributed by atoms with Gasteiger partial charge in [0, 0.05) is 23.6 Å². The van der Waals surface area contributed by atoms with Gasteiger partial charge in [-0.1, -0.05) is 34.6 Å². The minimum absolute atomic E-state index is 0.150. The summed E-state index contributed by atoms with van der Waals surface area (Å²) >= 11 is 0. The Kier molecular flexibility index (Phi) is 5.34. The van der Waals surface area contributed by atoms with Crippen molar-refractivity contribution in [1.82, 2.24) is 9.97 Å². The number of nitrogens with two attached hydrogens (primary N) is 1. The van der Waals surface area contributed by atoms with E-state index in [1.807, 2.05) is 6.92 Å². The summed E-state index contributed by atoms with van der Waals surface area (Å²) in [6.45, 7) is 12.5. The molecule has 0 amide bonds. The molecule has 20 heavy (non-hydrogen) atoms.